The van der Waals surface area contributed by atoms with Gasteiger partial charge in [-0.3, -0.25) is 4.79 Å². The van der Waals surface area contributed by atoms with E-state index in [4.69, 9.17) is 10.5 Å². The van der Waals surface area contributed by atoms with Crippen LogP contribution in [-0.4, -0.2) is 26.0 Å². The normalized spacial score (nSPS) is 14.6. The summed E-state index contributed by atoms with van der Waals surface area (Å²) in [6.07, 6.45) is 3.84. The predicted molar refractivity (Wildman–Crippen MR) is 80.3 cm³/mol. The van der Waals surface area contributed by atoms with Gasteiger partial charge in [-0.05, 0) is 25.2 Å². The minimum Gasteiger partial charge on any atom is -0.397 e. The fraction of sp³-hybridized carbons (Fsp3) is 0.643. The lowest BCUT2D eigenvalue weighted by molar-refractivity contribution is 0.0993. The second kappa shape index (κ2) is 6.39. The molecule has 0 unspecified atom stereocenters. The van der Waals surface area contributed by atoms with E-state index in [-0.39, 0.29) is 5.78 Å². The summed E-state index contributed by atoms with van der Waals surface area (Å²) >= 11 is 1.52. The van der Waals surface area contributed by atoms with Crippen LogP contribution >= 0.6 is 11.3 Å². The van der Waals surface area contributed by atoms with Crippen LogP contribution in [0.4, 0.5) is 10.7 Å². The number of Topliss-reactive ketones (excluding diaryl/α,β-unsaturated/α-hetero) is 1. The van der Waals surface area contributed by atoms with Crippen LogP contribution in [0, 0.1) is 0 Å². The average Bonchev–Trinajstić information content (AvgIpc) is 3.19. The molecule has 5 heteroatoms. The van der Waals surface area contributed by atoms with Gasteiger partial charge in [0.05, 0.1) is 15.6 Å². The SMILES string of the molecule is CCC(=O)c1sc(NCCCOC)c(C2CC2)c1N. The van der Waals surface area contributed by atoms with E-state index in [9.17, 15) is 4.79 Å². The van der Waals surface area contributed by atoms with Crippen molar-refractivity contribution in [3.63, 3.8) is 0 Å². The largest absolute Gasteiger partial charge is 0.397 e. The highest BCUT2D eigenvalue weighted by molar-refractivity contribution is 7.18. The quantitative estimate of drug-likeness (QED) is 0.567. The van der Waals surface area contributed by atoms with Crippen molar-refractivity contribution in [2.45, 2.75) is 38.5 Å². The Kier molecular flexibility index (Phi) is 4.82. The molecule has 0 aliphatic heterocycles. The zero-order chi connectivity index (χ0) is 13.8. The number of nitrogens with one attached hydrogen (secondary N) is 1. The highest BCUT2D eigenvalue weighted by Gasteiger charge is 2.32. The Hall–Kier alpha value is -1.07. The number of hydrogen-bond donors (Lipinski definition) is 2. The lowest BCUT2D eigenvalue weighted by Gasteiger charge is -2.06. The molecule has 0 radical (unpaired) electrons. The van der Waals surface area contributed by atoms with Crippen LogP contribution in [0.2, 0.25) is 0 Å². The third kappa shape index (κ3) is 3.28. The van der Waals surface area contributed by atoms with Crippen molar-refractivity contribution in [2.24, 2.45) is 0 Å². The van der Waals surface area contributed by atoms with Gasteiger partial charge in [-0.15, -0.1) is 11.3 Å². The summed E-state index contributed by atoms with van der Waals surface area (Å²) in [4.78, 5) is 12.6. The van der Waals surface area contributed by atoms with Crippen LogP contribution in [0.3, 0.4) is 0 Å². The van der Waals surface area contributed by atoms with Crippen molar-refractivity contribution in [1.29, 1.82) is 0 Å². The number of carbonyl (C=O) groups is 1. The van der Waals surface area contributed by atoms with Gasteiger partial charge in [0.2, 0.25) is 0 Å². The second-order valence-corrected chi connectivity index (χ2v) is 5.93. The molecule has 1 fully saturated rings. The van der Waals surface area contributed by atoms with E-state index in [0.29, 0.717) is 18.0 Å². The number of hydrogen-bond acceptors (Lipinski definition) is 5. The molecule has 1 heterocycles. The number of thiophene rings is 1. The Bertz CT molecular complexity index is 453. The summed E-state index contributed by atoms with van der Waals surface area (Å²) in [6.45, 7) is 3.48. The zero-order valence-corrected chi connectivity index (χ0v) is 12.4. The number of anilines is 2. The molecule has 1 saturated carbocycles. The minimum atomic E-state index is 0.148. The van der Waals surface area contributed by atoms with Crippen molar-refractivity contribution in [3.05, 3.63) is 10.4 Å². The first kappa shape index (κ1) is 14.3. The van der Waals surface area contributed by atoms with Crippen molar-refractivity contribution in [2.75, 3.05) is 31.3 Å². The Morgan fingerprint density at radius 1 is 1.53 bits per heavy atom. The fourth-order valence-corrected chi connectivity index (χ4v) is 3.39. The maximum atomic E-state index is 11.9. The van der Waals surface area contributed by atoms with Crippen LogP contribution in [-0.2, 0) is 4.74 Å². The van der Waals surface area contributed by atoms with Gasteiger partial charge in [0.25, 0.3) is 0 Å². The maximum absolute atomic E-state index is 11.9. The Morgan fingerprint density at radius 3 is 2.84 bits per heavy atom. The number of carbonyl (C=O) groups excluding carboxylic acids is 1. The lowest BCUT2D eigenvalue weighted by atomic mass is 10.1. The summed E-state index contributed by atoms with van der Waals surface area (Å²) in [5.74, 6) is 0.703. The molecule has 1 aliphatic rings. The Labute approximate surface area is 118 Å². The van der Waals surface area contributed by atoms with E-state index in [1.807, 2.05) is 6.92 Å². The predicted octanol–water partition coefficient (Wildman–Crippen LogP) is 3.25. The number of nitrogens with two attached hydrogens (primary N) is 1. The molecule has 1 aliphatic carbocycles. The summed E-state index contributed by atoms with van der Waals surface area (Å²) in [5, 5.41) is 4.51. The van der Waals surface area contributed by atoms with E-state index in [2.05, 4.69) is 5.32 Å². The molecule has 1 aromatic rings. The zero-order valence-electron chi connectivity index (χ0n) is 11.6. The van der Waals surface area contributed by atoms with E-state index < -0.39 is 0 Å². The molecule has 19 heavy (non-hydrogen) atoms. The maximum Gasteiger partial charge on any atom is 0.174 e. The van der Waals surface area contributed by atoms with Crippen LogP contribution in [0.25, 0.3) is 0 Å². The summed E-state index contributed by atoms with van der Waals surface area (Å²) < 4.78 is 5.04. The molecule has 0 spiro atoms. The standard InChI is InChI=1S/C14H22N2O2S/c1-3-10(17)13-12(15)11(9-5-6-9)14(19-13)16-7-4-8-18-2/h9,16H,3-8,15H2,1-2H3. The molecule has 2 rings (SSSR count). The van der Waals surface area contributed by atoms with Crippen molar-refractivity contribution < 1.29 is 9.53 Å². The van der Waals surface area contributed by atoms with Gasteiger partial charge in [0.1, 0.15) is 0 Å². The van der Waals surface area contributed by atoms with Crippen LogP contribution < -0.4 is 11.1 Å². The molecule has 0 amide bonds. The number of rotatable bonds is 8. The van der Waals surface area contributed by atoms with Crippen LogP contribution in [0.15, 0.2) is 0 Å². The minimum absolute atomic E-state index is 0.148. The van der Waals surface area contributed by atoms with Gasteiger partial charge < -0.3 is 15.8 Å². The molecule has 1 aromatic heterocycles. The van der Waals surface area contributed by atoms with Gasteiger partial charge in [-0.1, -0.05) is 6.92 Å². The monoisotopic (exact) mass is 282 g/mol. The van der Waals surface area contributed by atoms with Crippen molar-refractivity contribution in [1.82, 2.24) is 0 Å². The molecule has 3 N–H and O–H groups in total. The number of methoxy groups -OCH3 is 1. The highest BCUT2D eigenvalue weighted by atomic mass is 32.1. The summed E-state index contributed by atoms with van der Waals surface area (Å²) in [5.41, 5.74) is 8.07. The first-order valence-corrected chi connectivity index (χ1v) is 7.68. The Balaban J connectivity index is 2.14. The molecule has 106 valence electrons. The Morgan fingerprint density at radius 2 is 2.26 bits per heavy atom. The van der Waals surface area contributed by atoms with Crippen LogP contribution in [0.5, 0.6) is 0 Å². The smallest absolute Gasteiger partial charge is 0.174 e. The first-order valence-electron chi connectivity index (χ1n) is 6.87. The van der Waals surface area contributed by atoms with Gasteiger partial charge in [-0.2, -0.15) is 0 Å². The second-order valence-electron chi connectivity index (χ2n) is 4.91. The topological polar surface area (TPSA) is 64.3 Å². The number of ketones is 1. The van der Waals surface area contributed by atoms with Gasteiger partial charge in [-0.25, -0.2) is 0 Å². The molecular weight excluding hydrogens is 260 g/mol. The lowest BCUT2D eigenvalue weighted by Crippen LogP contribution is -2.05. The van der Waals surface area contributed by atoms with Gasteiger partial charge >= 0.3 is 0 Å². The van der Waals surface area contributed by atoms with E-state index >= 15 is 0 Å². The fourth-order valence-electron chi connectivity index (χ4n) is 2.15. The van der Waals surface area contributed by atoms with Crippen molar-refractivity contribution in [3.8, 4) is 0 Å². The molecule has 0 aromatic carbocycles. The average molecular weight is 282 g/mol. The molecule has 0 bridgehead atoms. The van der Waals surface area contributed by atoms with Gasteiger partial charge in [0, 0.05) is 32.2 Å². The highest BCUT2D eigenvalue weighted by Crippen LogP contribution is 2.50. The van der Waals surface area contributed by atoms with Crippen molar-refractivity contribution >= 4 is 27.8 Å². The molecule has 0 atom stereocenters. The van der Waals surface area contributed by atoms with Crippen LogP contribution in [0.1, 0.15) is 53.8 Å². The van der Waals surface area contributed by atoms with E-state index in [1.165, 1.54) is 29.7 Å². The number of ether oxygens (including phenoxy) is 1. The summed E-state index contributed by atoms with van der Waals surface area (Å²) in [7, 11) is 1.71. The first-order chi connectivity index (χ1) is 9.19. The third-order valence-electron chi connectivity index (χ3n) is 3.35. The van der Waals surface area contributed by atoms with E-state index in [1.54, 1.807) is 7.11 Å². The van der Waals surface area contributed by atoms with Gasteiger partial charge in [0.15, 0.2) is 5.78 Å². The third-order valence-corrected chi connectivity index (χ3v) is 4.57. The molecule has 4 nitrogen and oxygen atoms in total. The molecular formula is C14H22N2O2S. The molecule has 0 saturated heterocycles. The van der Waals surface area contributed by atoms with E-state index in [0.717, 1.165) is 29.5 Å². The summed E-state index contributed by atoms with van der Waals surface area (Å²) in [6, 6.07) is 0. The number of nitrogen functional groups attached to an aromatic ring is 1.